The van der Waals surface area contributed by atoms with E-state index in [4.69, 9.17) is 0 Å². The summed E-state index contributed by atoms with van der Waals surface area (Å²) in [4.78, 5) is 2.59. The van der Waals surface area contributed by atoms with Crippen molar-refractivity contribution in [3.63, 3.8) is 0 Å². The summed E-state index contributed by atoms with van der Waals surface area (Å²) in [6, 6.07) is 8.73. The molecule has 3 aliphatic heterocycles. The predicted octanol–water partition coefficient (Wildman–Crippen LogP) is 3.24. The highest BCUT2D eigenvalue weighted by Crippen LogP contribution is 2.44. The number of piperazine rings is 1. The Morgan fingerprint density at radius 2 is 1.84 bits per heavy atom. The molecule has 3 heterocycles. The smallest absolute Gasteiger partial charge is 0.0370 e. The first-order valence-electron chi connectivity index (χ1n) is 7.85. The molecule has 2 bridgehead atoms. The highest BCUT2D eigenvalue weighted by atomic mass is 15.3. The number of hydrogen-bond donors (Lipinski definition) is 1. The molecule has 102 valence electrons. The maximum atomic E-state index is 3.62. The van der Waals surface area contributed by atoms with Gasteiger partial charge in [-0.1, -0.05) is 19.9 Å². The lowest BCUT2D eigenvalue weighted by Gasteiger charge is -2.49. The summed E-state index contributed by atoms with van der Waals surface area (Å²) in [7, 11) is 0. The fourth-order valence-electron chi connectivity index (χ4n) is 3.76. The minimum atomic E-state index is 0.654. The van der Waals surface area contributed by atoms with Crippen LogP contribution in [0.1, 0.15) is 56.1 Å². The van der Waals surface area contributed by atoms with Crippen LogP contribution >= 0.6 is 0 Å². The molecule has 1 aliphatic carbocycles. The third kappa shape index (κ3) is 2.06. The van der Waals surface area contributed by atoms with Crippen LogP contribution in [0.25, 0.3) is 0 Å². The highest BCUT2D eigenvalue weighted by Gasteiger charge is 2.37. The number of hydrogen-bond acceptors (Lipinski definition) is 2. The third-order valence-electron chi connectivity index (χ3n) is 5.00. The van der Waals surface area contributed by atoms with Gasteiger partial charge in [0.2, 0.25) is 0 Å². The summed E-state index contributed by atoms with van der Waals surface area (Å²) in [5.74, 6) is 1.51. The number of fused-ring (bicyclic) bond motifs is 2. The first-order valence-corrected chi connectivity index (χ1v) is 7.85. The van der Waals surface area contributed by atoms with E-state index in [0.717, 1.165) is 18.0 Å². The van der Waals surface area contributed by atoms with Crippen LogP contribution in [0.15, 0.2) is 18.2 Å². The fraction of sp³-hybridized carbons (Fsp3) is 0.647. The second-order valence-corrected chi connectivity index (χ2v) is 6.94. The predicted molar refractivity (Wildman–Crippen MR) is 80.0 cm³/mol. The Morgan fingerprint density at radius 3 is 2.42 bits per heavy atom. The van der Waals surface area contributed by atoms with Gasteiger partial charge in [-0.2, -0.15) is 0 Å². The molecule has 0 radical (unpaired) electrons. The number of rotatable bonds is 3. The Hall–Kier alpha value is -1.02. The fourth-order valence-corrected chi connectivity index (χ4v) is 3.76. The van der Waals surface area contributed by atoms with Crippen molar-refractivity contribution in [1.82, 2.24) is 5.32 Å². The summed E-state index contributed by atoms with van der Waals surface area (Å²) < 4.78 is 0. The number of anilines is 1. The zero-order valence-electron chi connectivity index (χ0n) is 12.0. The molecule has 1 saturated carbocycles. The van der Waals surface area contributed by atoms with Crippen LogP contribution in [0, 0.1) is 0 Å². The summed E-state index contributed by atoms with van der Waals surface area (Å²) in [5.41, 5.74) is 4.67. The van der Waals surface area contributed by atoms with Gasteiger partial charge < -0.3 is 10.2 Å². The molecule has 0 amide bonds. The largest absolute Gasteiger partial charge is 0.368 e. The molecule has 19 heavy (non-hydrogen) atoms. The zero-order valence-corrected chi connectivity index (χ0v) is 12.0. The molecule has 1 aromatic carbocycles. The summed E-state index contributed by atoms with van der Waals surface area (Å²) in [6.45, 7) is 7.03. The van der Waals surface area contributed by atoms with Crippen molar-refractivity contribution in [2.75, 3.05) is 18.0 Å². The van der Waals surface area contributed by atoms with Gasteiger partial charge in [0, 0.05) is 30.9 Å². The van der Waals surface area contributed by atoms with E-state index in [1.54, 1.807) is 11.1 Å². The summed E-state index contributed by atoms with van der Waals surface area (Å²) >= 11 is 0. The Bertz CT molecular complexity index is 474. The van der Waals surface area contributed by atoms with Crippen LogP contribution in [-0.2, 0) is 0 Å². The highest BCUT2D eigenvalue weighted by molar-refractivity contribution is 5.54. The van der Waals surface area contributed by atoms with E-state index in [0.29, 0.717) is 5.92 Å². The third-order valence-corrected chi connectivity index (χ3v) is 5.00. The summed E-state index contributed by atoms with van der Waals surface area (Å²) in [6.07, 6.45) is 4.18. The first kappa shape index (κ1) is 11.8. The van der Waals surface area contributed by atoms with Gasteiger partial charge in [-0.3, -0.25) is 0 Å². The molecule has 0 aromatic heterocycles. The van der Waals surface area contributed by atoms with E-state index in [1.807, 2.05) is 0 Å². The monoisotopic (exact) mass is 256 g/mol. The Kier molecular flexibility index (Phi) is 2.63. The minimum absolute atomic E-state index is 0.654. The Labute approximate surface area is 116 Å². The molecule has 0 spiro atoms. The molecule has 4 aliphatic rings. The molecule has 4 fully saturated rings. The van der Waals surface area contributed by atoms with Gasteiger partial charge in [0.1, 0.15) is 0 Å². The van der Waals surface area contributed by atoms with E-state index in [9.17, 15) is 0 Å². The van der Waals surface area contributed by atoms with Crippen LogP contribution in [0.2, 0.25) is 0 Å². The molecular weight excluding hydrogens is 232 g/mol. The average molecular weight is 256 g/mol. The molecule has 2 unspecified atom stereocenters. The van der Waals surface area contributed by atoms with Crippen molar-refractivity contribution in [1.29, 1.82) is 0 Å². The van der Waals surface area contributed by atoms with E-state index in [1.165, 1.54) is 38.0 Å². The molecule has 3 saturated heterocycles. The second kappa shape index (κ2) is 4.24. The van der Waals surface area contributed by atoms with Crippen LogP contribution in [-0.4, -0.2) is 25.2 Å². The number of piperidine rings is 1. The molecule has 2 heteroatoms. The lowest BCUT2D eigenvalue weighted by Crippen LogP contribution is -2.67. The van der Waals surface area contributed by atoms with Gasteiger partial charge in [-0.05, 0) is 54.4 Å². The molecule has 2 nitrogen and oxygen atoms in total. The number of nitrogens with zero attached hydrogens (tertiary/aromatic N) is 1. The van der Waals surface area contributed by atoms with Gasteiger partial charge in [0.05, 0.1) is 0 Å². The maximum Gasteiger partial charge on any atom is 0.0370 e. The van der Waals surface area contributed by atoms with Crippen molar-refractivity contribution < 1.29 is 0 Å². The van der Waals surface area contributed by atoms with E-state index in [2.05, 4.69) is 42.3 Å². The lowest BCUT2D eigenvalue weighted by atomic mass is 9.89. The average Bonchev–Trinajstić information content (AvgIpc) is 3.21. The second-order valence-electron chi connectivity index (χ2n) is 6.94. The van der Waals surface area contributed by atoms with Crippen LogP contribution < -0.4 is 10.2 Å². The number of benzene rings is 1. The van der Waals surface area contributed by atoms with E-state index >= 15 is 0 Å². The summed E-state index contributed by atoms with van der Waals surface area (Å²) in [5, 5.41) is 3.62. The van der Waals surface area contributed by atoms with Crippen molar-refractivity contribution in [2.45, 2.75) is 57.0 Å². The number of nitrogens with one attached hydrogen (secondary N) is 1. The molecular formula is C17H24N2. The van der Waals surface area contributed by atoms with Crippen molar-refractivity contribution in [3.05, 3.63) is 29.3 Å². The van der Waals surface area contributed by atoms with Crippen LogP contribution in [0.5, 0.6) is 0 Å². The van der Waals surface area contributed by atoms with Gasteiger partial charge in [-0.15, -0.1) is 0 Å². The van der Waals surface area contributed by atoms with E-state index < -0.39 is 0 Å². The van der Waals surface area contributed by atoms with Crippen LogP contribution in [0.3, 0.4) is 0 Å². The van der Waals surface area contributed by atoms with Gasteiger partial charge in [-0.25, -0.2) is 0 Å². The standard InChI is InChI=1S/C17H24N2/c1-11(2)16-6-5-15(8-17(16)12-3-4-12)19-9-13-7-14(10-19)18-13/h5-6,8,11-14,18H,3-4,7,9-10H2,1-2H3. The quantitative estimate of drug-likeness (QED) is 0.893. The van der Waals surface area contributed by atoms with Crippen molar-refractivity contribution in [2.24, 2.45) is 0 Å². The van der Waals surface area contributed by atoms with Gasteiger partial charge >= 0.3 is 0 Å². The maximum absolute atomic E-state index is 3.62. The molecule has 5 rings (SSSR count). The molecule has 1 aromatic rings. The zero-order chi connectivity index (χ0) is 13.0. The first-order chi connectivity index (χ1) is 9.20. The lowest BCUT2D eigenvalue weighted by molar-refractivity contribution is 0.226. The SMILES string of the molecule is CC(C)c1ccc(N2CC3CC(C2)N3)cc1C1CC1. The van der Waals surface area contributed by atoms with Crippen molar-refractivity contribution in [3.8, 4) is 0 Å². The van der Waals surface area contributed by atoms with Gasteiger partial charge in [0.15, 0.2) is 0 Å². The van der Waals surface area contributed by atoms with Crippen molar-refractivity contribution >= 4 is 5.69 Å². The topological polar surface area (TPSA) is 15.3 Å². The Morgan fingerprint density at radius 1 is 1.16 bits per heavy atom. The molecule has 2 atom stereocenters. The van der Waals surface area contributed by atoms with Gasteiger partial charge in [0.25, 0.3) is 0 Å². The Balaban J connectivity index is 1.63. The minimum Gasteiger partial charge on any atom is -0.368 e. The van der Waals surface area contributed by atoms with E-state index in [-0.39, 0.29) is 0 Å². The van der Waals surface area contributed by atoms with Crippen LogP contribution in [0.4, 0.5) is 5.69 Å². The molecule has 1 N–H and O–H groups in total. The normalized spacial score (nSPS) is 29.5.